The zero-order valence-electron chi connectivity index (χ0n) is 15.5. The molecule has 1 N–H and O–H groups in total. The van der Waals surface area contributed by atoms with E-state index in [0.717, 1.165) is 4.90 Å². The summed E-state index contributed by atoms with van der Waals surface area (Å²) >= 11 is 5.69. The molecule has 1 fully saturated rings. The molecule has 2 aromatic rings. The van der Waals surface area contributed by atoms with E-state index in [-0.39, 0.29) is 36.0 Å². The van der Waals surface area contributed by atoms with E-state index in [1.807, 2.05) is 0 Å². The molecule has 162 valence electrons. The maximum atomic E-state index is 12.6. The number of ether oxygens (including phenoxy) is 1. The number of nitrogens with zero attached hydrogens (tertiary/aromatic N) is 2. The molecule has 1 saturated heterocycles. The van der Waals surface area contributed by atoms with Gasteiger partial charge in [-0.1, -0.05) is 11.6 Å². The van der Waals surface area contributed by atoms with Crippen LogP contribution in [-0.2, 0) is 25.3 Å². The number of carbonyl (C=O) groups excluding carboxylic acids is 4. The van der Waals surface area contributed by atoms with Crippen LogP contribution in [0.3, 0.4) is 0 Å². The van der Waals surface area contributed by atoms with Crippen LogP contribution >= 0.6 is 11.6 Å². The number of alkyl halides is 3. The summed E-state index contributed by atoms with van der Waals surface area (Å²) in [5, 5.41) is 1.71. The Kier molecular flexibility index (Phi) is 6.25. The summed E-state index contributed by atoms with van der Waals surface area (Å²) < 4.78 is 42.7. The first kappa shape index (κ1) is 22.2. The Balaban J connectivity index is 1.56. The fraction of sp³-hybridized carbons (Fsp3) is 0.211. The van der Waals surface area contributed by atoms with Crippen molar-refractivity contribution in [3.63, 3.8) is 0 Å². The molecule has 1 aliphatic heterocycles. The van der Waals surface area contributed by atoms with Gasteiger partial charge in [-0.2, -0.15) is 13.2 Å². The number of rotatable bonds is 5. The van der Waals surface area contributed by atoms with Crippen LogP contribution in [0.25, 0.3) is 0 Å². The highest BCUT2D eigenvalue weighted by Gasteiger charge is 2.32. The maximum absolute atomic E-state index is 12.6. The van der Waals surface area contributed by atoms with Crippen molar-refractivity contribution in [3.8, 4) is 0 Å². The van der Waals surface area contributed by atoms with Crippen LogP contribution in [0.5, 0.6) is 0 Å². The van der Waals surface area contributed by atoms with Crippen LogP contribution in [-0.4, -0.2) is 35.3 Å². The van der Waals surface area contributed by atoms with E-state index in [0.29, 0.717) is 18.0 Å². The highest BCUT2D eigenvalue weighted by Crippen LogP contribution is 2.32. The van der Waals surface area contributed by atoms with Crippen LogP contribution in [0.4, 0.5) is 24.7 Å². The molecule has 0 aliphatic carbocycles. The fourth-order valence-corrected chi connectivity index (χ4v) is 2.89. The molecule has 12 heteroatoms. The third-order valence-electron chi connectivity index (χ3n) is 4.17. The molecule has 2 heterocycles. The summed E-state index contributed by atoms with van der Waals surface area (Å²) in [5.41, 5.74) is -0.714. The zero-order valence-corrected chi connectivity index (χ0v) is 16.3. The monoisotopic (exact) mass is 455 g/mol. The second-order valence-corrected chi connectivity index (χ2v) is 6.75. The van der Waals surface area contributed by atoms with Crippen molar-refractivity contribution in [2.45, 2.75) is 19.0 Å². The van der Waals surface area contributed by atoms with Gasteiger partial charge < -0.3 is 10.1 Å². The zero-order chi connectivity index (χ0) is 22.8. The molecule has 8 nitrogen and oxygen atoms in total. The lowest BCUT2D eigenvalue weighted by molar-refractivity contribution is -0.137. The molecule has 1 aromatic heterocycles. The van der Waals surface area contributed by atoms with Crippen LogP contribution in [0.2, 0.25) is 5.02 Å². The molecule has 0 bridgehead atoms. The van der Waals surface area contributed by atoms with Crippen molar-refractivity contribution < 1.29 is 37.1 Å². The molecule has 0 atom stereocenters. The molecule has 0 radical (unpaired) electrons. The van der Waals surface area contributed by atoms with E-state index >= 15 is 0 Å². The lowest BCUT2D eigenvalue weighted by Gasteiger charge is -2.14. The Labute approximate surface area is 177 Å². The predicted octanol–water partition coefficient (Wildman–Crippen LogP) is 3.20. The Morgan fingerprint density at radius 3 is 2.29 bits per heavy atom. The molecule has 3 amide bonds. The SMILES string of the molecule is O=C(COC(=O)c1ccc(N2C(=O)CCC2=O)cc1)Nc1ncc(C(F)(F)F)cc1Cl. The molecule has 3 rings (SSSR count). The van der Waals surface area contributed by atoms with Gasteiger partial charge in [0.1, 0.15) is 0 Å². The van der Waals surface area contributed by atoms with Gasteiger partial charge >= 0.3 is 12.1 Å². The average Bonchev–Trinajstić information content (AvgIpc) is 3.05. The smallest absolute Gasteiger partial charge is 0.417 e. The van der Waals surface area contributed by atoms with Crippen LogP contribution in [0, 0.1) is 0 Å². The molecule has 0 spiro atoms. The number of anilines is 2. The Hall–Kier alpha value is -3.47. The van der Waals surface area contributed by atoms with Crippen molar-refractivity contribution in [1.29, 1.82) is 0 Å². The molecule has 1 aromatic carbocycles. The second kappa shape index (κ2) is 8.72. The third kappa shape index (κ3) is 5.18. The number of aromatic nitrogens is 1. The van der Waals surface area contributed by atoms with Gasteiger partial charge in [-0.15, -0.1) is 0 Å². The largest absolute Gasteiger partial charge is 0.452 e. The standard InChI is InChI=1S/C19H13ClF3N3O5/c20-13-7-11(19(21,22)23)8-24-17(13)25-14(27)9-31-18(30)10-1-3-12(4-2-10)26-15(28)5-6-16(26)29/h1-4,7-8H,5-6,9H2,(H,24,25,27). The minimum absolute atomic E-state index is 0.0568. The topological polar surface area (TPSA) is 106 Å². The van der Waals surface area contributed by atoms with Gasteiger partial charge in [0, 0.05) is 19.0 Å². The Morgan fingerprint density at radius 2 is 1.74 bits per heavy atom. The number of amides is 3. The fourth-order valence-electron chi connectivity index (χ4n) is 2.68. The minimum Gasteiger partial charge on any atom is -0.452 e. The molecule has 31 heavy (non-hydrogen) atoms. The van der Waals surface area contributed by atoms with Gasteiger partial charge in [-0.3, -0.25) is 19.3 Å². The quantitative estimate of drug-likeness (QED) is 0.548. The van der Waals surface area contributed by atoms with Crippen LogP contribution < -0.4 is 10.2 Å². The number of esters is 1. The summed E-state index contributed by atoms with van der Waals surface area (Å²) in [5.74, 6) is -2.74. The van der Waals surface area contributed by atoms with Crippen molar-refractivity contribution in [2.75, 3.05) is 16.8 Å². The van der Waals surface area contributed by atoms with Crippen molar-refractivity contribution in [1.82, 2.24) is 4.98 Å². The number of halogens is 4. The summed E-state index contributed by atoms with van der Waals surface area (Å²) in [6.07, 6.45) is -3.89. The molecule has 1 aliphatic rings. The number of imide groups is 1. The summed E-state index contributed by atoms with van der Waals surface area (Å²) in [6.45, 7) is -0.747. The van der Waals surface area contributed by atoms with Crippen LogP contribution in [0.1, 0.15) is 28.8 Å². The molecule has 0 unspecified atom stereocenters. The number of hydrogen-bond donors (Lipinski definition) is 1. The highest BCUT2D eigenvalue weighted by molar-refractivity contribution is 6.33. The van der Waals surface area contributed by atoms with Gasteiger partial charge in [-0.25, -0.2) is 9.78 Å². The number of hydrogen-bond acceptors (Lipinski definition) is 6. The number of nitrogens with one attached hydrogen (secondary N) is 1. The van der Waals surface area contributed by atoms with Crippen molar-refractivity contribution in [2.24, 2.45) is 0 Å². The Bertz CT molecular complexity index is 1040. The Morgan fingerprint density at radius 1 is 1.13 bits per heavy atom. The van der Waals surface area contributed by atoms with Gasteiger partial charge in [0.05, 0.1) is 21.8 Å². The van der Waals surface area contributed by atoms with E-state index in [9.17, 15) is 32.3 Å². The first-order valence-electron chi connectivity index (χ1n) is 8.72. The van der Waals surface area contributed by atoms with Gasteiger partial charge in [0.2, 0.25) is 11.8 Å². The van der Waals surface area contributed by atoms with E-state index in [4.69, 9.17) is 16.3 Å². The number of carbonyl (C=O) groups is 4. The van der Waals surface area contributed by atoms with E-state index in [1.165, 1.54) is 24.3 Å². The number of pyridine rings is 1. The number of benzene rings is 1. The predicted molar refractivity (Wildman–Crippen MR) is 101 cm³/mol. The summed E-state index contributed by atoms with van der Waals surface area (Å²) in [6, 6.07) is 6.03. The normalized spacial score (nSPS) is 14.0. The first-order chi connectivity index (χ1) is 14.6. The summed E-state index contributed by atoms with van der Waals surface area (Å²) in [4.78, 5) is 51.9. The van der Waals surface area contributed by atoms with E-state index < -0.39 is 35.2 Å². The van der Waals surface area contributed by atoms with E-state index in [1.54, 1.807) is 0 Å². The molecule has 0 saturated carbocycles. The second-order valence-electron chi connectivity index (χ2n) is 6.35. The van der Waals surface area contributed by atoms with Gasteiger partial charge in [0.25, 0.3) is 5.91 Å². The average molecular weight is 456 g/mol. The first-order valence-corrected chi connectivity index (χ1v) is 9.09. The molecular weight excluding hydrogens is 443 g/mol. The third-order valence-corrected chi connectivity index (χ3v) is 4.46. The highest BCUT2D eigenvalue weighted by atomic mass is 35.5. The molecular formula is C19H13ClF3N3O5. The maximum Gasteiger partial charge on any atom is 0.417 e. The van der Waals surface area contributed by atoms with E-state index in [2.05, 4.69) is 10.3 Å². The van der Waals surface area contributed by atoms with Crippen LogP contribution in [0.15, 0.2) is 36.5 Å². The summed E-state index contributed by atoms with van der Waals surface area (Å²) in [7, 11) is 0. The lowest BCUT2D eigenvalue weighted by Crippen LogP contribution is -2.28. The van der Waals surface area contributed by atoms with Gasteiger partial charge in [0.15, 0.2) is 12.4 Å². The lowest BCUT2D eigenvalue weighted by atomic mass is 10.2. The van der Waals surface area contributed by atoms with Gasteiger partial charge in [-0.05, 0) is 30.3 Å². The minimum atomic E-state index is -4.64. The van der Waals surface area contributed by atoms with Crippen molar-refractivity contribution in [3.05, 3.63) is 52.7 Å². The van der Waals surface area contributed by atoms with Crippen molar-refractivity contribution >= 4 is 46.8 Å².